The lowest BCUT2D eigenvalue weighted by molar-refractivity contribution is 0.282. The highest BCUT2D eigenvalue weighted by Crippen LogP contribution is 2.29. The quantitative estimate of drug-likeness (QED) is 0.584. The highest BCUT2D eigenvalue weighted by Gasteiger charge is 2.09. The zero-order valence-electron chi connectivity index (χ0n) is 14.4. The van der Waals surface area contributed by atoms with Gasteiger partial charge in [0.2, 0.25) is 0 Å². The Morgan fingerprint density at radius 1 is 0.889 bits per heavy atom. The van der Waals surface area contributed by atoms with Gasteiger partial charge in [-0.05, 0) is 41.5 Å². The summed E-state index contributed by atoms with van der Waals surface area (Å²) >= 11 is 5.78. The predicted molar refractivity (Wildman–Crippen MR) is 101 cm³/mol. The van der Waals surface area contributed by atoms with Gasteiger partial charge < -0.3 is 15.2 Å². The molecule has 0 heterocycles. The number of aliphatic hydroxyl groups excluding tert-OH is 1. The van der Waals surface area contributed by atoms with Gasteiger partial charge in [-0.25, -0.2) is 8.78 Å². The van der Waals surface area contributed by atoms with Gasteiger partial charge in [0.05, 0.1) is 11.6 Å². The molecule has 27 heavy (non-hydrogen) atoms. The van der Waals surface area contributed by atoms with Crippen molar-refractivity contribution in [1.82, 2.24) is 5.32 Å². The Bertz CT molecular complexity index is 917. The number of hydrogen-bond acceptors (Lipinski definition) is 3. The fourth-order valence-corrected chi connectivity index (χ4v) is 2.73. The number of nitrogens with one attached hydrogen (secondary N) is 1. The number of rotatable bonds is 7. The zero-order chi connectivity index (χ0) is 19.2. The van der Waals surface area contributed by atoms with Crippen molar-refractivity contribution in [2.75, 3.05) is 0 Å². The summed E-state index contributed by atoms with van der Waals surface area (Å²) in [6.45, 7) is 0.957. The Labute approximate surface area is 161 Å². The van der Waals surface area contributed by atoms with E-state index in [0.717, 1.165) is 11.1 Å². The summed E-state index contributed by atoms with van der Waals surface area (Å²) in [4.78, 5) is 0. The molecule has 2 N–H and O–H groups in total. The van der Waals surface area contributed by atoms with E-state index in [4.69, 9.17) is 21.4 Å². The summed E-state index contributed by atoms with van der Waals surface area (Å²) < 4.78 is 32.7. The minimum atomic E-state index is -0.530. The van der Waals surface area contributed by atoms with Gasteiger partial charge in [-0.1, -0.05) is 35.9 Å². The minimum absolute atomic E-state index is 0.00506. The summed E-state index contributed by atoms with van der Waals surface area (Å²) in [5.41, 5.74) is 2.51. The van der Waals surface area contributed by atoms with E-state index in [-0.39, 0.29) is 17.4 Å². The van der Waals surface area contributed by atoms with Crippen molar-refractivity contribution in [2.24, 2.45) is 0 Å². The van der Waals surface area contributed by atoms with Crippen LogP contribution in [-0.2, 0) is 19.7 Å². The van der Waals surface area contributed by atoms with Crippen LogP contribution in [0, 0.1) is 11.6 Å². The van der Waals surface area contributed by atoms with Crippen molar-refractivity contribution in [3.05, 3.63) is 94.0 Å². The van der Waals surface area contributed by atoms with E-state index in [9.17, 15) is 8.78 Å². The van der Waals surface area contributed by atoms with Gasteiger partial charge in [0, 0.05) is 24.7 Å². The second-order valence-electron chi connectivity index (χ2n) is 6.01. The molecule has 0 saturated carbocycles. The molecular weight excluding hydrogens is 372 g/mol. The molecule has 0 aromatic heterocycles. The lowest BCUT2D eigenvalue weighted by Gasteiger charge is -2.13. The number of benzene rings is 3. The van der Waals surface area contributed by atoms with Crippen LogP contribution < -0.4 is 10.1 Å². The lowest BCUT2D eigenvalue weighted by Crippen LogP contribution is -2.13. The van der Waals surface area contributed by atoms with E-state index in [2.05, 4.69) is 5.32 Å². The Hall–Kier alpha value is -2.47. The molecule has 0 saturated heterocycles. The third-order valence-corrected chi connectivity index (χ3v) is 4.28. The molecule has 140 valence electrons. The van der Waals surface area contributed by atoms with Crippen molar-refractivity contribution in [3.8, 4) is 11.5 Å². The first kappa shape index (κ1) is 19.3. The Balaban J connectivity index is 1.68. The molecule has 0 aliphatic heterocycles. The van der Waals surface area contributed by atoms with Crippen LogP contribution in [0.15, 0.2) is 60.7 Å². The van der Waals surface area contributed by atoms with E-state index in [1.807, 2.05) is 24.3 Å². The number of hydrogen-bond donors (Lipinski definition) is 2. The predicted octanol–water partition coefficient (Wildman–Crippen LogP) is 5.19. The molecule has 0 amide bonds. The first-order valence-corrected chi connectivity index (χ1v) is 8.73. The van der Waals surface area contributed by atoms with Gasteiger partial charge in [-0.3, -0.25) is 0 Å². The van der Waals surface area contributed by atoms with Crippen LogP contribution in [0.3, 0.4) is 0 Å². The highest BCUT2D eigenvalue weighted by atomic mass is 35.5. The maximum Gasteiger partial charge on any atom is 0.142 e. The molecular formula is C21H18ClF2NO2. The summed E-state index contributed by atoms with van der Waals surface area (Å²) in [7, 11) is 0. The fraction of sp³-hybridized carbons (Fsp3) is 0.143. The molecule has 0 spiro atoms. The standard InChI is InChI=1S/C21H18ClF2NO2/c22-19-10-18(6-7-20(19)24)27-21-8-5-17(23)9-16(21)12-25-11-14-1-3-15(13-26)4-2-14/h1-10,25-26H,11-13H2. The number of ether oxygens (including phenoxy) is 1. The van der Waals surface area contributed by atoms with E-state index >= 15 is 0 Å². The first-order valence-electron chi connectivity index (χ1n) is 8.36. The summed E-state index contributed by atoms with van der Waals surface area (Å²) in [5, 5.41) is 12.3. The number of halogens is 3. The largest absolute Gasteiger partial charge is 0.457 e. The second-order valence-corrected chi connectivity index (χ2v) is 6.42. The van der Waals surface area contributed by atoms with Crippen LogP contribution in [0.5, 0.6) is 11.5 Å². The average Bonchev–Trinajstić information content (AvgIpc) is 2.67. The van der Waals surface area contributed by atoms with Crippen molar-refractivity contribution in [2.45, 2.75) is 19.7 Å². The molecule has 0 unspecified atom stereocenters. The van der Waals surface area contributed by atoms with Gasteiger partial charge in [-0.15, -0.1) is 0 Å². The Morgan fingerprint density at radius 3 is 2.33 bits per heavy atom. The maximum atomic E-state index is 13.7. The van der Waals surface area contributed by atoms with E-state index in [1.165, 1.54) is 36.4 Å². The molecule has 0 aliphatic rings. The van der Waals surface area contributed by atoms with Crippen LogP contribution in [0.4, 0.5) is 8.78 Å². The van der Waals surface area contributed by atoms with E-state index in [0.29, 0.717) is 30.2 Å². The first-order chi connectivity index (χ1) is 13.0. The molecule has 3 aromatic carbocycles. The summed E-state index contributed by atoms with van der Waals surface area (Å²) in [5.74, 6) is -0.0723. The Morgan fingerprint density at radius 2 is 1.63 bits per heavy atom. The van der Waals surface area contributed by atoms with Crippen LogP contribution in [-0.4, -0.2) is 5.11 Å². The van der Waals surface area contributed by atoms with Gasteiger partial charge >= 0.3 is 0 Å². The van der Waals surface area contributed by atoms with Gasteiger partial charge in [0.1, 0.15) is 23.1 Å². The second kappa shape index (κ2) is 8.95. The monoisotopic (exact) mass is 389 g/mol. The minimum Gasteiger partial charge on any atom is -0.457 e. The van der Waals surface area contributed by atoms with Crippen LogP contribution in [0.25, 0.3) is 0 Å². The molecule has 0 bridgehead atoms. The molecule has 0 aliphatic carbocycles. The maximum absolute atomic E-state index is 13.7. The molecule has 0 fully saturated rings. The Kier molecular flexibility index (Phi) is 6.40. The average molecular weight is 390 g/mol. The van der Waals surface area contributed by atoms with E-state index < -0.39 is 5.82 Å². The molecule has 3 aromatic rings. The number of aliphatic hydroxyl groups is 1. The third-order valence-electron chi connectivity index (χ3n) is 3.99. The normalized spacial score (nSPS) is 10.8. The smallest absolute Gasteiger partial charge is 0.142 e. The highest BCUT2D eigenvalue weighted by molar-refractivity contribution is 6.30. The van der Waals surface area contributed by atoms with Gasteiger partial charge in [0.25, 0.3) is 0 Å². The molecule has 0 atom stereocenters. The van der Waals surface area contributed by atoms with Crippen LogP contribution >= 0.6 is 11.6 Å². The van der Waals surface area contributed by atoms with Crippen LogP contribution in [0.2, 0.25) is 5.02 Å². The summed E-state index contributed by atoms with van der Waals surface area (Å²) in [6.07, 6.45) is 0. The van der Waals surface area contributed by atoms with E-state index in [1.54, 1.807) is 0 Å². The van der Waals surface area contributed by atoms with Crippen molar-refractivity contribution in [3.63, 3.8) is 0 Å². The van der Waals surface area contributed by atoms with Crippen molar-refractivity contribution in [1.29, 1.82) is 0 Å². The van der Waals surface area contributed by atoms with Crippen LogP contribution in [0.1, 0.15) is 16.7 Å². The SMILES string of the molecule is OCc1ccc(CNCc2cc(F)ccc2Oc2ccc(F)c(Cl)c2)cc1. The molecule has 0 radical (unpaired) electrons. The zero-order valence-corrected chi connectivity index (χ0v) is 15.1. The summed E-state index contributed by atoms with van der Waals surface area (Å²) in [6, 6.07) is 15.8. The molecule has 3 nitrogen and oxygen atoms in total. The topological polar surface area (TPSA) is 41.5 Å². The molecule has 3 rings (SSSR count). The van der Waals surface area contributed by atoms with Gasteiger partial charge in [0.15, 0.2) is 0 Å². The third kappa shape index (κ3) is 5.26. The fourth-order valence-electron chi connectivity index (χ4n) is 2.56. The lowest BCUT2D eigenvalue weighted by atomic mass is 10.1. The van der Waals surface area contributed by atoms with Crippen molar-refractivity contribution < 1.29 is 18.6 Å². The van der Waals surface area contributed by atoms with Gasteiger partial charge in [-0.2, -0.15) is 0 Å². The molecule has 6 heteroatoms. The van der Waals surface area contributed by atoms with Crippen molar-refractivity contribution >= 4 is 11.6 Å².